The van der Waals surface area contributed by atoms with Crippen LogP contribution in [0.15, 0.2) is 57.6 Å². The first-order valence-electron chi connectivity index (χ1n) is 10.5. The number of non-ortho nitro benzene ring substituents is 1. The van der Waals surface area contributed by atoms with Gasteiger partial charge in [-0.25, -0.2) is 12.6 Å². The molecule has 0 saturated heterocycles. The smallest absolute Gasteiger partial charge is 0.397 e. The van der Waals surface area contributed by atoms with Gasteiger partial charge < -0.3 is 5.11 Å². The van der Waals surface area contributed by atoms with Crippen molar-refractivity contribution in [3.63, 3.8) is 0 Å². The van der Waals surface area contributed by atoms with Gasteiger partial charge >= 0.3 is 16.1 Å². The molecule has 220 valence electrons. The first kappa shape index (κ1) is 31.2. The van der Waals surface area contributed by atoms with E-state index in [0.717, 1.165) is 37.4 Å². The summed E-state index contributed by atoms with van der Waals surface area (Å²) in [5, 5.41) is 39.8. The lowest BCUT2D eigenvalue weighted by molar-refractivity contribution is -0.393. The molecule has 41 heavy (non-hydrogen) atoms. The highest BCUT2D eigenvalue weighted by Gasteiger charge is 2.25. The normalized spacial score (nSPS) is 12.6. The maximum atomic E-state index is 12.5. The summed E-state index contributed by atoms with van der Waals surface area (Å²) < 4.78 is 93.6. The van der Waals surface area contributed by atoms with Crippen molar-refractivity contribution in [2.45, 2.75) is 4.90 Å². The van der Waals surface area contributed by atoms with E-state index < -0.39 is 86.1 Å². The van der Waals surface area contributed by atoms with Crippen molar-refractivity contribution in [3.8, 4) is 5.75 Å². The van der Waals surface area contributed by atoms with Crippen LogP contribution in [-0.4, -0.2) is 68.7 Å². The second-order valence-corrected chi connectivity index (χ2v) is 12.5. The molecule has 3 aromatic rings. The lowest BCUT2D eigenvalue weighted by Crippen LogP contribution is -2.31. The highest BCUT2D eigenvalue weighted by atomic mass is 32.3. The first-order chi connectivity index (χ1) is 18.8. The molecule has 0 radical (unpaired) electrons. The van der Waals surface area contributed by atoms with Crippen LogP contribution in [-0.2, 0) is 34.7 Å². The minimum absolute atomic E-state index is 0.110. The third kappa shape index (κ3) is 7.24. The summed E-state index contributed by atoms with van der Waals surface area (Å²) in [6.07, 6.45) is 0. The van der Waals surface area contributed by atoms with Gasteiger partial charge in [-0.3, -0.25) is 33.6 Å². The van der Waals surface area contributed by atoms with E-state index in [9.17, 15) is 55.1 Å². The van der Waals surface area contributed by atoms with E-state index in [1.54, 1.807) is 0 Å². The van der Waals surface area contributed by atoms with Crippen molar-refractivity contribution in [1.82, 2.24) is 0 Å². The van der Waals surface area contributed by atoms with Crippen LogP contribution in [0.3, 0.4) is 0 Å². The summed E-state index contributed by atoms with van der Waals surface area (Å²) in [5.41, 5.74) is -3.03. The summed E-state index contributed by atoms with van der Waals surface area (Å²) in [5.74, 6) is -1.78. The van der Waals surface area contributed by atoms with E-state index in [0.29, 0.717) is 10.4 Å². The van der Waals surface area contributed by atoms with E-state index in [1.165, 1.54) is 6.07 Å². The third-order valence-electron chi connectivity index (χ3n) is 5.29. The number of sulfonamides is 1. The number of anilines is 1. The second-order valence-electron chi connectivity index (χ2n) is 7.87. The first-order valence-corrected chi connectivity index (χ1v) is 14.9. The molecule has 0 fully saturated rings. The SMILES string of the molecule is CN(c1ccc2c(O)c(N=Nc3ccc([N+](=O)[O-])cc3[N+](=O)[O-])c(S(=O)(=O)O)cc2c1)S(=O)(=O)CCOS(=O)(=O)O. The zero-order chi connectivity index (χ0) is 30.9. The zero-order valence-electron chi connectivity index (χ0n) is 20.2. The molecule has 19 nitrogen and oxygen atoms in total. The van der Waals surface area contributed by atoms with Crippen molar-refractivity contribution in [2.24, 2.45) is 10.2 Å². The Labute approximate surface area is 230 Å². The Hall–Kier alpha value is -4.35. The van der Waals surface area contributed by atoms with Crippen molar-refractivity contribution < 1.29 is 53.5 Å². The van der Waals surface area contributed by atoms with Crippen LogP contribution in [0, 0.1) is 20.2 Å². The zero-order valence-corrected chi connectivity index (χ0v) is 22.7. The molecule has 0 bridgehead atoms. The lowest BCUT2D eigenvalue weighted by atomic mass is 10.1. The van der Waals surface area contributed by atoms with Crippen LogP contribution in [0.1, 0.15) is 0 Å². The largest absolute Gasteiger partial charge is 0.505 e. The summed E-state index contributed by atoms with van der Waals surface area (Å²) in [6.45, 7) is -0.923. The molecule has 22 heteroatoms. The molecular weight excluding hydrogens is 618 g/mol. The number of rotatable bonds is 11. The Morgan fingerprint density at radius 3 is 2.15 bits per heavy atom. The lowest BCUT2D eigenvalue weighted by Gasteiger charge is -2.20. The van der Waals surface area contributed by atoms with Gasteiger partial charge in [0, 0.05) is 18.5 Å². The number of hydrogen-bond acceptors (Lipinski definition) is 14. The minimum Gasteiger partial charge on any atom is -0.505 e. The molecule has 0 saturated carbocycles. The number of fused-ring (bicyclic) bond motifs is 1. The number of nitro groups is 2. The number of phenols is 1. The van der Waals surface area contributed by atoms with Gasteiger partial charge in [0.1, 0.15) is 10.6 Å². The summed E-state index contributed by atoms with van der Waals surface area (Å²) >= 11 is 0. The van der Waals surface area contributed by atoms with Crippen molar-refractivity contribution >= 4 is 69.7 Å². The number of nitro benzene ring substituents is 2. The molecule has 0 aliphatic carbocycles. The van der Waals surface area contributed by atoms with Crippen LogP contribution >= 0.6 is 0 Å². The number of phenolic OH excluding ortho intramolecular Hbond substituents is 1. The average molecular weight is 636 g/mol. The fourth-order valence-corrected chi connectivity index (χ4v) is 5.39. The number of hydrogen-bond donors (Lipinski definition) is 3. The molecule has 0 atom stereocenters. The molecule has 0 aliphatic heterocycles. The van der Waals surface area contributed by atoms with Crippen LogP contribution in [0.5, 0.6) is 5.75 Å². The average Bonchev–Trinajstić information content (AvgIpc) is 2.85. The van der Waals surface area contributed by atoms with Gasteiger partial charge in [0.2, 0.25) is 10.0 Å². The molecule has 0 aliphatic rings. The van der Waals surface area contributed by atoms with Crippen molar-refractivity contribution in [1.29, 1.82) is 0 Å². The van der Waals surface area contributed by atoms with E-state index in [4.69, 9.17) is 4.55 Å². The van der Waals surface area contributed by atoms with Gasteiger partial charge in [-0.15, -0.1) is 10.2 Å². The topological polar surface area (TPSA) is 287 Å². The van der Waals surface area contributed by atoms with E-state index >= 15 is 0 Å². The molecule has 0 unspecified atom stereocenters. The molecule has 0 spiro atoms. The highest BCUT2D eigenvalue weighted by Crippen LogP contribution is 2.43. The Kier molecular flexibility index (Phi) is 8.56. The molecule has 0 amide bonds. The Morgan fingerprint density at radius 1 is 0.927 bits per heavy atom. The maximum Gasteiger partial charge on any atom is 0.397 e. The van der Waals surface area contributed by atoms with E-state index in [-0.39, 0.29) is 16.5 Å². The van der Waals surface area contributed by atoms with Crippen molar-refractivity contribution in [2.75, 3.05) is 23.7 Å². The number of nitrogens with zero attached hydrogens (tertiary/aromatic N) is 5. The van der Waals surface area contributed by atoms with Gasteiger partial charge in [-0.1, -0.05) is 0 Å². The van der Waals surface area contributed by atoms with E-state index in [2.05, 4.69) is 14.4 Å². The summed E-state index contributed by atoms with van der Waals surface area (Å²) in [7, 11) is -13.2. The number of azo groups is 1. The molecular formula is C19H17N5O14S3. The van der Waals surface area contributed by atoms with Crippen molar-refractivity contribution in [3.05, 3.63) is 62.7 Å². The Balaban J connectivity index is 2.11. The van der Waals surface area contributed by atoms with Crippen LogP contribution in [0.25, 0.3) is 10.8 Å². The maximum absolute atomic E-state index is 12.5. The fourth-order valence-electron chi connectivity index (χ4n) is 3.33. The molecule has 3 N–H and O–H groups in total. The summed E-state index contributed by atoms with van der Waals surface area (Å²) in [6, 6.07) is 6.50. The van der Waals surface area contributed by atoms with Gasteiger partial charge in [-0.2, -0.15) is 16.8 Å². The van der Waals surface area contributed by atoms with E-state index in [1.807, 2.05) is 0 Å². The molecule has 0 aromatic heterocycles. The van der Waals surface area contributed by atoms with Gasteiger partial charge in [-0.05, 0) is 35.7 Å². The van der Waals surface area contributed by atoms with Crippen LogP contribution in [0.4, 0.5) is 28.4 Å². The third-order valence-corrected chi connectivity index (χ3v) is 8.35. The van der Waals surface area contributed by atoms with Gasteiger partial charge in [0.15, 0.2) is 11.4 Å². The predicted octanol–water partition coefficient (Wildman–Crippen LogP) is 2.61. The molecule has 3 rings (SSSR count). The number of benzene rings is 3. The Morgan fingerprint density at radius 2 is 1.59 bits per heavy atom. The quantitative estimate of drug-likeness (QED) is 0.118. The van der Waals surface area contributed by atoms with Gasteiger partial charge in [0.05, 0.1) is 34.0 Å². The van der Waals surface area contributed by atoms with Gasteiger partial charge in [0.25, 0.3) is 15.8 Å². The standard InChI is InChI=1S/C19H17N5O14S3/c1-22(39(30,31)7-6-38-41(35,36)37)12-2-4-14-11(8-12)9-17(40(32,33)34)18(19(14)25)21-20-15-5-3-13(23(26)27)10-16(15)24(28)29/h2-5,8-10,25H,6-7H2,1H3,(H,32,33,34)(H,35,36,37). The predicted molar refractivity (Wildman–Crippen MR) is 139 cm³/mol. The van der Waals surface area contributed by atoms with Crippen LogP contribution in [0.2, 0.25) is 0 Å². The second kappa shape index (κ2) is 11.3. The minimum atomic E-state index is -5.15. The monoisotopic (exact) mass is 635 g/mol. The Bertz CT molecular complexity index is 1930. The molecule has 3 aromatic carbocycles. The van der Waals surface area contributed by atoms with Crippen LogP contribution < -0.4 is 4.31 Å². The number of aromatic hydroxyl groups is 1. The highest BCUT2D eigenvalue weighted by molar-refractivity contribution is 7.92. The summed E-state index contributed by atoms with van der Waals surface area (Å²) in [4.78, 5) is 19.3. The fraction of sp³-hybridized carbons (Fsp3) is 0.158. The molecule has 0 heterocycles.